The van der Waals surface area contributed by atoms with Gasteiger partial charge in [-0.15, -0.1) is 0 Å². The highest BCUT2D eigenvalue weighted by Crippen LogP contribution is 2.18. The van der Waals surface area contributed by atoms with Crippen LogP contribution >= 0.6 is 0 Å². The monoisotopic (exact) mass is 285 g/mol. The van der Waals surface area contributed by atoms with Crippen LogP contribution in [0.25, 0.3) is 0 Å². The molecule has 0 aliphatic rings. The molecule has 0 radical (unpaired) electrons. The van der Waals surface area contributed by atoms with Gasteiger partial charge in [0.05, 0.1) is 6.54 Å². The lowest BCUT2D eigenvalue weighted by Gasteiger charge is -2.12. The average Bonchev–Trinajstić information content (AvgIpc) is 2.93. The zero-order valence-corrected chi connectivity index (χ0v) is 12.9. The molecule has 0 aliphatic carbocycles. The van der Waals surface area contributed by atoms with Gasteiger partial charge in [0.2, 0.25) is 0 Å². The van der Waals surface area contributed by atoms with Crippen molar-refractivity contribution in [2.45, 2.75) is 33.9 Å². The van der Waals surface area contributed by atoms with E-state index in [0.29, 0.717) is 12.1 Å². The molecule has 2 N–H and O–H groups in total. The fraction of sp³-hybridized carbons (Fsp3) is 0.353. The van der Waals surface area contributed by atoms with Crippen molar-refractivity contribution in [2.75, 3.05) is 11.9 Å². The number of nitrogens with zero attached hydrogens (tertiary/aromatic N) is 1. The molecule has 0 spiro atoms. The molecule has 2 aromatic rings. The summed E-state index contributed by atoms with van der Waals surface area (Å²) < 4.78 is 2.21. The molecule has 0 aliphatic heterocycles. The maximum atomic E-state index is 11.8. The third kappa shape index (κ3) is 3.66. The zero-order chi connectivity index (χ0) is 15.2. The van der Waals surface area contributed by atoms with Gasteiger partial charge in [-0.25, -0.2) is 0 Å². The highest BCUT2D eigenvalue weighted by atomic mass is 16.1. The number of aromatic nitrogens is 1. The van der Waals surface area contributed by atoms with E-state index in [1.54, 1.807) is 0 Å². The van der Waals surface area contributed by atoms with Crippen LogP contribution in [-0.4, -0.2) is 17.0 Å². The Bertz CT molecular complexity index is 616. The predicted octanol–water partition coefficient (Wildman–Crippen LogP) is 3.18. The molecule has 4 nitrogen and oxygen atoms in total. The molecule has 0 atom stereocenters. The summed E-state index contributed by atoms with van der Waals surface area (Å²) in [6, 6.07) is 9.94. The highest BCUT2D eigenvalue weighted by Gasteiger charge is 2.07. The molecule has 0 unspecified atom stereocenters. The summed E-state index contributed by atoms with van der Waals surface area (Å²) >= 11 is 0. The molecule has 21 heavy (non-hydrogen) atoms. The maximum absolute atomic E-state index is 11.8. The second-order valence-electron chi connectivity index (χ2n) is 5.03. The Morgan fingerprint density at radius 2 is 2.05 bits per heavy atom. The van der Waals surface area contributed by atoms with Crippen molar-refractivity contribution in [3.8, 4) is 0 Å². The van der Waals surface area contributed by atoms with Gasteiger partial charge in [-0.1, -0.05) is 0 Å². The van der Waals surface area contributed by atoms with E-state index < -0.39 is 0 Å². The van der Waals surface area contributed by atoms with Gasteiger partial charge in [0.1, 0.15) is 0 Å². The first kappa shape index (κ1) is 15.2. The first-order valence-electron chi connectivity index (χ1n) is 7.42. The molecule has 0 saturated heterocycles. The minimum Gasteiger partial charge on any atom is -0.379 e. The number of carbonyl (C=O) groups excluding carboxylic acids is 1. The molecule has 1 aromatic heterocycles. The lowest BCUT2D eigenvalue weighted by atomic mass is 10.1. The van der Waals surface area contributed by atoms with Crippen molar-refractivity contribution in [3.05, 3.63) is 53.3 Å². The van der Waals surface area contributed by atoms with E-state index in [1.165, 1.54) is 5.69 Å². The Labute approximate surface area is 126 Å². The Hall–Kier alpha value is -2.23. The SMILES string of the molecule is CCNC(=O)c1ccc(NCc2cccn2CC)c(C)c1. The second kappa shape index (κ2) is 6.97. The van der Waals surface area contributed by atoms with Crippen LogP contribution in [0.3, 0.4) is 0 Å². The lowest BCUT2D eigenvalue weighted by Crippen LogP contribution is -2.22. The van der Waals surface area contributed by atoms with Crippen LogP contribution < -0.4 is 10.6 Å². The van der Waals surface area contributed by atoms with Crippen LogP contribution in [0.4, 0.5) is 5.69 Å². The second-order valence-corrected chi connectivity index (χ2v) is 5.03. The Balaban J connectivity index is 2.06. The van der Waals surface area contributed by atoms with E-state index in [0.717, 1.165) is 24.3 Å². The minimum absolute atomic E-state index is 0.0213. The molecule has 4 heteroatoms. The smallest absolute Gasteiger partial charge is 0.251 e. The van der Waals surface area contributed by atoms with E-state index in [4.69, 9.17) is 0 Å². The number of benzene rings is 1. The van der Waals surface area contributed by atoms with Crippen molar-refractivity contribution in [1.29, 1.82) is 0 Å². The summed E-state index contributed by atoms with van der Waals surface area (Å²) in [5.74, 6) is -0.0213. The number of nitrogens with one attached hydrogen (secondary N) is 2. The fourth-order valence-corrected chi connectivity index (χ4v) is 2.37. The van der Waals surface area contributed by atoms with Gasteiger partial charge in [-0.2, -0.15) is 0 Å². The van der Waals surface area contributed by atoms with E-state index in [-0.39, 0.29) is 5.91 Å². The summed E-state index contributed by atoms with van der Waals surface area (Å²) in [6.45, 7) is 8.47. The van der Waals surface area contributed by atoms with E-state index in [2.05, 4.69) is 40.5 Å². The Kier molecular flexibility index (Phi) is 5.04. The molecule has 1 amide bonds. The molecule has 0 saturated carbocycles. The van der Waals surface area contributed by atoms with Crippen molar-refractivity contribution in [3.63, 3.8) is 0 Å². The zero-order valence-electron chi connectivity index (χ0n) is 12.9. The van der Waals surface area contributed by atoms with Crippen LogP contribution in [0.5, 0.6) is 0 Å². The van der Waals surface area contributed by atoms with E-state index in [1.807, 2.05) is 32.0 Å². The summed E-state index contributed by atoms with van der Waals surface area (Å²) in [4.78, 5) is 11.8. The van der Waals surface area contributed by atoms with Crippen LogP contribution in [0.15, 0.2) is 36.5 Å². The van der Waals surface area contributed by atoms with Crippen LogP contribution in [0, 0.1) is 6.92 Å². The topological polar surface area (TPSA) is 46.1 Å². The molecule has 112 valence electrons. The number of aryl methyl sites for hydroxylation is 2. The van der Waals surface area contributed by atoms with Crippen molar-refractivity contribution in [2.24, 2.45) is 0 Å². The summed E-state index contributed by atoms with van der Waals surface area (Å²) in [7, 11) is 0. The largest absolute Gasteiger partial charge is 0.379 e. The molecular weight excluding hydrogens is 262 g/mol. The highest BCUT2D eigenvalue weighted by molar-refractivity contribution is 5.94. The van der Waals surface area contributed by atoms with E-state index in [9.17, 15) is 4.79 Å². The van der Waals surface area contributed by atoms with E-state index >= 15 is 0 Å². The lowest BCUT2D eigenvalue weighted by molar-refractivity contribution is 0.0956. The van der Waals surface area contributed by atoms with Crippen LogP contribution in [0.1, 0.15) is 35.5 Å². The maximum Gasteiger partial charge on any atom is 0.251 e. The Morgan fingerprint density at radius 3 is 2.71 bits per heavy atom. The van der Waals surface area contributed by atoms with Crippen molar-refractivity contribution < 1.29 is 4.79 Å². The predicted molar refractivity (Wildman–Crippen MR) is 86.6 cm³/mol. The Morgan fingerprint density at radius 1 is 1.24 bits per heavy atom. The minimum atomic E-state index is -0.0213. The molecule has 1 heterocycles. The number of hydrogen-bond acceptors (Lipinski definition) is 2. The van der Waals surface area contributed by atoms with Gasteiger partial charge in [0.15, 0.2) is 0 Å². The van der Waals surface area contributed by atoms with Crippen LogP contribution in [0.2, 0.25) is 0 Å². The molecule has 0 fully saturated rings. The number of anilines is 1. The number of hydrogen-bond donors (Lipinski definition) is 2. The first-order valence-corrected chi connectivity index (χ1v) is 7.42. The normalized spacial score (nSPS) is 10.4. The number of rotatable bonds is 6. The molecule has 0 bridgehead atoms. The number of carbonyl (C=O) groups is 1. The van der Waals surface area contributed by atoms with Crippen molar-refractivity contribution in [1.82, 2.24) is 9.88 Å². The van der Waals surface area contributed by atoms with Gasteiger partial charge >= 0.3 is 0 Å². The average molecular weight is 285 g/mol. The van der Waals surface area contributed by atoms with Gasteiger partial charge in [-0.3, -0.25) is 4.79 Å². The number of amides is 1. The van der Waals surface area contributed by atoms with Gasteiger partial charge in [0, 0.05) is 36.2 Å². The van der Waals surface area contributed by atoms with Crippen LogP contribution in [-0.2, 0) is 13.1 Å². The third-order valence-corrected chi connectivity index (χ3v) is 3.55. The van der Waals surface area contributed by atoms with Crippen molar-refractivity contribution >= 4 is 11.6 Å². The summed E-state index contributed by atoms with van der Waals surface area (Å²) in [5, 5.41) is 6.25. The standard InChI is InChI=1S/C17H23N3O/c1-4-18-17(21)14-8-9-16(13(3)11-14)19-12-15-7-6-10-20(15)5-2/h6-11,19H,4-5,12H2,1-3H3,(H,18,21). The summed E-state index contributed by atoms with van der Waals surface area (Å²) in [5.41, 5.74) is 4.10. The quantitative estimate of drug-likeness (QED) is 0.856. The van der Waals surface area contributed by atoms with Gasteiger partial charge < -0.3 is 15.2 Å². The fourth-order valence-electron chi connectivity index (χ4n) is 2.37. The van der Waals surface area contributed by atoms with Gasteiger partial charge in [0.25, 0.3) is 5.91 Å². The molecular formula is C17H23N3O. The summed E-state index contributed by atoms with van der Waals surface area (Å²) in [6.07, 6.45) is 2.09. The first-order chi connectivity index (χ1) is 10.2. The third-order valence-electron chi connectivity index (χ3n) is 3.55. The molecule has 2 rings (SSSR count). The van der Waals surface area contributed by atoms with Gasteiger partial charge in [-0.05, 0) is 56.7 Å². The molecule has 1 aromatic carbocycles.